The van der Waals surface area contributed by atoms with Crippen LogP contribution >= 0.6 is 0 Å². The van der Waals surface area contributed by atoms with E-state index in [4.69, 9.17) is 4.74 Å². The fraction of sp³-hybridized carbons (Fsp3) is 0.467. The molecule has 0 bridgehead atoms. The van der Waals surface area contributed by atoms with Crippen LogP contribution in [0, 0.1) is 18.8 Å². The molecule has 0 spiro atoms. The van der Waals surface area contributed by atoms with E-state index in [1.165, 1.54) is 24.0 Å². The fourth-order valence-electron chi connectivity index (χ4n) is 1.71. The van der Waals surface area contributed by atoms with E-state index >= 15 is 0 Å². The molecule has 0 amide bonds. The second-order valence-corrected chi connectivity index (χ2v) is 4.48. The summed E-state index contributed by atoms with van der Waals surface area (Å²) < 4.78 is 5.67. The van der Waals surface area contributed by atoms with E-state index in [1.807, 2.05) is 13.0 Å². The van der Waals surface area contributed by atoms with Gasteiger partial charge in [-0.1, -0.05) is 23.6 Å². The van der Waals surface area contributed by atoms with Crippen molar-refractivity contribution in [1.29, 1.82) is 0 Å². The number of benzene rings is 1. The number of ether oxygens (including phenoxy) is 1. The molecule has 2 rings (SSSR count). The van der Waals surface area contributed by atoms with E-state index in [9.17, 15) is 0 Å². The van der Waals surface area contributed by atoms with E-state index < -0.39 is 0 Å². The molecular formula is C15H19NO. The van der Waals surface area contributed by atoms with Gasteiger partial charge in [-0.3, -0.25) is 0 Å². The van der Waals surface area contributed by atoms with Crippen LogP contribution in [0.1, 0.15) is 30.9 Å². The number of hydrogen-bond donors (Lipinski definition) is 1. The van der Waals surface area contributed by atoms with Crippen LogP contribution in [0.4, 0.5) is 0 Å². The van der Waals surface area contributed by atoms with Crippen LogP contribution in [0.25, 0.3) is 0 Å². The van der Waals surface area contributed by atoms with Crippen LogP contribution in [-0.2, 0) is 6.54 Å². The highest BCUT2D eigenvalue weighted by atomic mass is 16.5. The Bertz CT molecular complexity index is 438. The van der Waals surface area contributed by atoms with Crippen molar-refractivity contribution in [2.45, 2.75) is 39.3 Å². The summed E-state index contributed by atoms with van der Waals surface area (Å²) in [5.41, 5.74) is 2.50. The van der Waals surface area contributed by atoms with Crippen LogP contribution in [0.15, 0.2) is 18.2 Å². The number of aryl methyl sites for hydroxylation is 1. The van der Waals surface area contributed by atoms with Gasteiger partial charge in [-0.15, -0.1) is 5.92 Å². The van der Waals surface area contributed by atoms with Gasteiger partial charge in [-0.2, -0.15) is 0 Å². The fourth-order valence-corrected chi connectivity index (χ4v) is 1.71. The lowest BCUT2D eigenvalue weighted by Crippen LogP contribution is -2.16. The van der Waals surface area contributed by atoms with Crippen molar-refractivity contribution in [3.63, 3.8) is 0 Å². The highest BCUT2D eigenvalue weighted by molar-refractivity contribution is 5.37. The van der Waals surface area contributed by atoms with Gasteiger partial charge < -0.3 is 10.1 Å². The Labute approximate surface area is 103 Å². The molecule has 90 valence electrons. The predicted octanol–water partition coefficient (Wildman–Crippen LogP) is 2.65. The van der Waals surface area contributed by atoms with E-state index in [2.05, 4.69) is 36.2 Å². The van der Waals surface area contributed by atoms with E-state index in [0.717, 1.165) is 18.3 Å². The number of rotatable bonds is 5. The zero-order valence-corrected chi connectivity index (χ0v) is 10.5. The average Bonchev–Trinajstić information content (AvgIpc) is 3.13. The summed E-state index contributed by atoms with van der Waals surface area (Å²) in [5, 5.41) is 3.51. The molecule has 0 atom stereocenters. The maximum Gasteiger partial charge on any atom is 0.149 e. The lowest BCUT2D eigenvalue weighted by molar-refractivity contribution is 0.364. The first-order valence-electron chi connectivity index (χ1n) is 6.15. The lowest BCUT2D eigenvalue weighted by Gasteiger charge is -2.11. The van der Waals surface area contributed by atoms with Crippen molar-refractivity contribution in [2.75, 3.05) is 6.61 Å². The maximum absolute atomic E-state index is 5.67. The van der Waals surface area contributed by atoms with Crippen LogP contribution < -0.4 is 10.1 Å². The first kappa shape index (κ1) is 12.0. The quantitative estimate of drug-likeness (QED) is 0.784. The molecule has 0 heterocycles. The van der Waals surface area contributed by atoms with Crippen molar-refractivity contribution < 1.29 is 4.74 Å². The first-order valence-corrected chi connectivity index (χ1v) is 6.15. The van der Waals surface area contributed by atoms with Crippen molar-refractivity contribution in [1.82, 2.24) is 5.32 Å². The van der Waals surface area contributed by atoms with Gasteiger partial charge in [0, 0.05) is 18.2 Å². The minimum atomic E-state index is 0.468. The minimum absolute atomic E-state index is 0.468. The Morgan fingerprint density at radius 2 is 2.24 bits per heavy atom. The van der Waals surface area contributed by atoms with Crippen LogP contribution in [-0.4, -0.2) is 12.6 Å². The van der Waals surface area contributed by atoms with Gasteiger partial charge in [0.05, 0.1) is 0 Å². The lowest BCUT2D eigenvalue weighted by atomic mass is 10.1. The van der Waals surface area contributed by atoms with Gasteiger partial charge >= 0.3 is 0 Å². The molecule has 1 aliphatic carbocycles. The molecule has 0 aliphatic heterocycles. The molecule has 1 aromatic rings. The molecule has 0 unspecified atom stereocenters. The van der Waals surface area contributed by atoms with Gasteiger partial charge in [0.15, 0.2) is 0 Å². The monoisotopic (exact) mass is 229 g/mol. The van der Waals surface area contributed by atoms with E-state index in [-0.39, 0.29) is 0 Å². The molecule has 1 aromatic carbocycles. The standard InChI is InChI=1S/C15H19NO/c1-3-4-9-17-15-8-5-12(2)10-13(15)11-16-14-6-7-14/h5,8,10,14,16H,6-7,9,11H2,1-2H3. The molecule has 0 radical (unpaired) electrons. The molecule has 2 nitrogen and oxygen atoms in total. The predicted molar refractivity (Wildman–Crippen MR) is 70.0 cm³/mol. The topological polar surface area (TPSA) is 21.3 Å². The van der Waals surface area contributed by atoms with Gasteiger partial charge in [0.1, 0.15) is 12.4 Å². The van der Waals surface area contributed by atoms with E-state index in [0.29, 0.717) is 6.61 Å². The minimum Gasteiger partial charge on any atom is -0.481 e. The summed E-state index contributed by atoms with van der Waals surface area (Å²) in [7, 11) is 0. The van der Waals surface area contributed by atoms with Crippen molar-refractivity contribution in [2.24, 2.45) is 0 Å². The molecule has 1 N–H and O–H groups in total. The van der Waals surface area contributed by atoms with Gasteiger partial charge in [0.25, 0.3) is 0 Å². The Morgan fingerprint density at radius 1 is 1.41 bits per heavy atom. The Morgan fingerprint density at radius 3 is 2.94 bits per heavy atom. The summed E-state index contributed by atoms with van der Waals surface area (Å²) in [5.74, 6) is 6.71. The van der Waals surface area contributed by atoms with Crippen molar-refractivity contribution in [3.8, 4) is 17.6 Å². The highest BCUT2D eigenvalue weighted by Crippen LogP contribution is 2.23. The highest BCUT2D eigenvalue weighted by Gasteiger charge is 2.20. The first-order chi connectivity index (χ1) is 8.29. The van der Waals surface area contributed by atoms with Crippen LogP contribution in [0.2, 0.25) is 0 Å². The SMILES string of the molecule is CC#CCOc1ccc(C)cc1CNC1CC1. The second-order valence-electron chi connectivity index (χ2n) is 4.48. The molecule has 1 fully saturated rings. The Balaban J connectivity index is 2.01. The van der Waals surface area contributed by atoms with Crippen LogP contribution in [0.5, 0.6) is 5.75 Å². The molecule has 1 aliphatic rings. The number of hydrogen-bond acceptors (Lipinski definition) is 2. The van der Waals surface area contributed by atoms with Gasteiger partial charge in [-0.05, 0) is 32.8 Å². The normalized spacial score (nSPS) is 14.0. The number of nitrogens with one attached hydrogen (secondary N) is 1. The molecule has 0 aromatic heterocycles. The summed E-state index contributed by atoms with van der Waals surface area (Å²) in [6.45, 7) is 5.29. The smallest absolute Gasteiger partial charge is 0.149 e. The largest absolute Gasteiger partial charge is 0.481 e. The Kier molecular flexibility index (Phi) is 4.06. The molecular weight excluding hydrogens is 210 g/mol. The van der Waals surface area contributed by atoms with Crippen molar-refractivity contribution >= 4 is 0 Å². The molecule has 17 heavy (non-hydrogen) atoms. The summed E-state index contributed by atoms with van der Waals surface area (Å²) in [6, 6.07) is 7.02. The Hall–Kier alpha value is -1.46. The average molecular weight is 229 g/mol. The summed E-state index contributed by atoms with van der Waals surface area (Å²) >= 11 is 0. The summed E-state index contributed by atoms with van der Waals surface area (Å²) in [4.78, 5) is 0. The zero-order chi connectivity index (χ0) is 12.1. The zero-order valence-electron chi connectivity index (χ0n) is 10.5. The second kappa shape index (κ2) is 5.75. The van der Waals surface area contributed by atoms with Crippen LogP contribution in [0.3, 0.4) is 0 Å². The third-order valence-electron chi connectivity index (χ3n) is 2.85. The molecule has 2 heteroatoms. The maximum atomic E-state index is 5.67. The molecule has 0 saturated heterocycles. The van der Waals surface area contributed by atoms with Crippen molar-refractivity contribution in [3.05, 3.63) is 29.3 Å². The third kappa shape index (κ3) is 3.80. The third-order valence-corrected chi connectivity index (χ3v) is 2.85. The van der Waals surface area contributed by atoms with Gasteiger partial charge in [-0.25, -0.2) is 0 Å². The summed E-state index contributed by atoms with van der Waals surface area (Å²) in [6.07, 6.45) is 2.62. The van der Waals surface area contributed by atoms with Gasteiger partial charge in [0.2, 0.25) is 0 Å². The van der Waals surface area contributed by atoms with E-state index in [1.54, 1.807) is 0 Å². The molecule has 1 saturated carbocycles.